The van der Waals surface area contributed by atoms with Crippen molar-refractivity contribution >= 4 is 35.0 Å². The fourth-order valence-electron chi connectivity index (χ4n) is 1.81. The number of nitrogens with zero attached hydrogens (tertiary/aromatic N) is 2. The van der Waals surface area contributed by atoms with Crippen molar-refractivity contribution in [3.63, 3.8) is 0 Å². The fourth-order valence-corrected chi connectivity index (χ4v) is 2.73. The highest BCUT2D eigenvalue weighted by atomic mass is 32.2. The molecule has 1 aromatic rings. The van der Waals surface area contributed by atoms with Gasteiger partial charge in [0, 0.05) is 5.56 Å². The summed E-state index contributed by atoms with van der Waals surface area (Å²) >= 11 is 1.02. The van der Waals surface area contributed by atoms with Crippen molar-refractivity contribution < 1.29 is 19.8 Å². The van der Waals surface area contributed by atoms with Gasteiger partial charge >= 0.3 is 5.97 Å². The zero-order valence-corrected chi connectivity index (χ0v) is 12.8. The minimum absolute atomic E-state index is 0.135. The number of benzene rings is 1. The van der Waals surface area contributed by atoms with Crippen molar-refractivity contribution in [3.05, 3.63) is 28.8 Å². The highest BCUT2D eigenvalue weighted by molar-refractivity contribution is 8.15. The Kier molecular flexibility index (Phi) is 4.81. The molecule has 0 spiro atoms. The quantitative estimate of drug-likeness (QED) is 0.573. The van der Waals surface area contributed by atoms with Gasteiger partial charge in [-0.15, -0.1) is 5.10 Å². The van der Waals surface area contributed by atoms with Crippen molar-refractivity contribution in [2.45, 2.75) is 25.5 Å². The van der Waals surface area contributed by atoms with Crippen LogP contribution in [0.4, 0.5) is 0 Å². The monoisotopic (exact) mass is 321 g/mol. The Hall–Kier alpha value is -2.35. The first kappa shape index (κ1) is 16.0. The van der Waals surface area contributed by atoms with Gasteiger partial charge in [-0.25, -0.2) is 0 Å². The molecule has 1 atom stereocenters. The summed E-state index contributed by atoms with van der Waals surface area (Å²) < 4.78 is 0. The molecule has 2 rings (SSSR count). The number of aromatic hydroxyl groups is 1. The summed E-state index contributed by atoms with van der Waals surface area (Å²) in [5, 5.41) is 28.3. The molecule has 1 unspecified atom stereocenters. The second-order valence-corrected chi connectivity index (χ2v) is 5.98. The largest absolute Gasteiger partial charge is 0.507 e. The lowest BCUT2D eigenvalue weighted by atomic mass is 10.1. The van der Waals surface area contributed by atoms with Crippen LogP contribution in [-0.4, -0.2) is 38.7 Å². The molecule has 0 aliphatic carbocycles. The Morgan fingerprint density at radius 1 is 1.45 bits per heavy atom. The van der Waals surface area contributed by atoms with E-state index >= 15 is 0 Å². The van der Waals surface area contributed by atoms with Crippen molar-refractivity contribution in [1.82, 2.24) is 5.32 Å². The van der Waals surface area contributed by atoms with Crippen molar-refractivity contribution in [2.75, 3.05) is 0 Å². The lowest BCUT2D eigenvalue weighted by Gasteiger charge is -2.05. The molecule has 1 saturated heterocycles. The SMILES string of the molecule is Cc1ccc(C=NN=C2NC(=O)C(CC(=O)O)S2)c(O)c1C. The van der Waals surface area contributed by atoms with Gasteiger partial charge in [-0.1, -0.05) is 17.8 Å². The third-order valence-electron chi connectivity index (χ3n) is 3.21. The summed E-state index contributed by atoms with van der Waals surface area (Å²) in [6.07, 6.45) is 1.11. The number of thioether (sulfide) groups is 1. The molecule has 0 bridgehead atoms. The third-order valence-corrected chi connectivity index (χ3v) is 4.29. The van der Waals surface area contributed by atoms with Crippen LogP contribution in [0.2, 0.25) is 0 Å². The minimum Gasteiger partial charge on any atom is -0.507 e. The van der Waals surface area contributed by atoms with Gasteiger partial charge < -0.3 is 15.5 Å². The van der Waals surface area contributed by atoms with Crippen LogP contribution in [0.1, 0.15) is 23.1 Å². The lowest BCUT2D eigenvalue weighted by molar-refractivity contribution is -0.138. The van der Waals surface area contributed by atoms with Crippen molar-refractivity contribution in [1.29, 1.82) is 0 Å². The normalized spacial score (nSPS) is 19.8. The van der Waals surface area contributed by atoms with E-state index in [1.165, 1.54) is 6.21 Å². The zero-order valence-electron chi connectivity index (χ0n) is 12.0. The molecule has 1 heterocycles. The topological polar surface area (TPSA) is 111 Å². The molecule has 1 aliphatic heterocycles. The number of aliphatic carboxylic acids is 1. The average molecular weight is 321 g/mol. The molecule has 1 amide bonds. The number of phenols is 1. The first-order valence-electron chi connectivity index (χ1n) is 6.48. The third kappa shape index (κ3) is 3.64. The molecule has 116 valence electrons. The molecule has 8 heteroatoms. The molecule has 0 saturated carbocycles. The van der Waals surface area contributed by atoms with Crippen molar-refractivity contribution in [3.8, 4) is 5.75 Å². The summed E-state index contributed by atoms with van der Waals surface area (Å²) in [6, 6.07) is 3.58. The Morgan fingerprint density at radius 3 is 2.86 bits per heavy atom. The summed E-state index contributed by atoms with van der Waals surface area (Å²) in [4.78, 5) is 22.1. The van der Waals surface area contributed by atoms with Gasteiger partial charge in [-0.05, 0) is 31.0 Å². The van der Waals surface area contributed by atoms with Gasteiger partial charge in [0.2, 0.25) is 5.91 Å². The van der Waals surface area contributed by atoms with E-state index < -0.39 is 17.1 Å². The fraction of sp³-hybridized carbons (Fsp3) is 0.286. The number of aryl methyl sites for hydroxylation is 1. The highest BCUT2D eigenvalue weighted by Crippen LogP contribution is 2.24. The lowest BCUT2D eigenvalue weighted by Crippen LogP contribution is -2.26. The van der Waals surface area contributed by atoms with Crippen LogP contribution in [0, 0.1) is 13.8 Å². The molecule has 3 N–H and O–H groups in total. The van der Waals surface area contributed by atoms with Crippen LogP contribution < -0.4 is 5.32 Å². The predicted octanol–water partition coefficient (Wildman–Crippen LogP) is 1.41. The number of amidine groups is 1. The maximum atomic E-state index is 11.5. The number of rotatable bonds is 4. The van der Waals surface area contributed by atoms with E-state index in [4.69, 9.17) is 5.11 Å². The van der Waals surface area contributed by atoms with Crippen LogP contribution in [0.5, 0.6) is 5.75 Å². The Bertz CT molecular complexity index is 685. The van der Waals surface area contributed by atoms with Crippen LogP contribution in [-0.2, 0) is 9.59 Å². The van der Waals surface area contributed by atoms with E-state index in [0.717, 1.165) is 22.9 Å². The van der Waals surface area contributed by atoms with E-state index in [1.807, 2.05) is 13.0 Å². The number of amides is 1. The molecular formula is C14H15N3O4S. The van der Waals surface area contributed by atoms with Crippen LogP contribution >= 0.6 is 11.8 Å². The summed E-state index contributed by atoms with van der Waals surface area (Å²) in [7, 11) is 0. The van der Waals surface area contributed by atoms with E-state index in [0.29, 0.717) is 5.56 Å². The van der Waals surface area contributed by atoms with Crippen LogP contribution in [0.15, 0.2) is 22.3 Å². The van der Waals surface area contributed by atoms with Gasteiger partial charge in [-0.3, -0.25) is 9.59 Å². The summed E-state index contributed by atoms with van der Waals surface area (Å²) in [5.41, 5.74) is 2.25. The van der Waals surface area contributed by atoms with Gasteiger partial charge in [0.25, 0.3) is 0 Å². The molecule has 1 aromatic carbocycles. The molecule has 7 nitrogen and oxygen atoms in total. The van der Waals surface area contributed by atoms with Crippen LogP contribution in [0.25, 0.3) is 0 Å². The van der Waals surface area contributed by atoms with Gasteiger partial charge in [0.1, 0.15) is 11.0 Å². The smallest absolute Gasteiger partial charge is 0.305 e. The number of phenolic OH excluding ortho intramolecular Hbond substituents is 1. The Balaban J connectivity index is 2.08. The molecule has 0 radical (unpaired) electrons. The second-order valence-electron chi connectivity index (χ2n) is 4.79. The first-order valence-corrected chi connectivity index (χ1v) is 7.36. The van der Waals surface area contributed by atoms with Gasteiger partial charge in [0.15, 0.2) is 5.17 Å². The molecule has 22 heavy (non-hydrogen) atoms. The summed E-state index contributed by atoms with van der Waals surface area (Å²) in [5.74, 6) is -1.30. The molecule has 0 aromatic heterocycles. The number of nitrogens with one attached hydrogen (secondary N) is 1. The van der Waals surface area contributed by atoms with Crippen LogP contribution in [0.3, 0.4) is 0 Å². The van der Waals surface area contributed by atoms with Gasteiger partial charge in [0.05, 0.1) is 12.6 Å². The van der Waals surface area contributed by atoms with E-state index in [2.05, 4.69) is 15.5 Å². The number of carbonyl (C=O) groups is 2. The number of carboxylic acids is 1. The molecule has 1 fully saturated rings. The average Bonchev–Trinajstić information content (AvgIpc) is 2.78. The van der Waals surface area contributed by atoms with Gasteiger partial charge in [-0.2, -0.15) is 5.10 Å². The maximum Gasteiger partial charge on any atom is 0.305 e. The van der Waals surface area contributed by atoms with E-state index in [1.54, 1.807) is 13.0 Å². The number of carboxylic acid groups (broad SMARTS) is 1. The standard InChI is InChI=1S/C14H15N3O4S/c1-7-3-4-9(12(20)8(7)2)6-15-17-14-16-13(21)10(22-14)5-11(18)19/h3-4,6,10,20H,5H2,1-2H3,(H,18,19)(H,16,17,21). The minimum atomic E-state index is -1.04. The Labute approximate surface area is 131 Å². The summed E-state index contributed by atoms with van der Waals surface area (Å²) in [6.45, 7) is 3.70. The van der Waals surface area contributed by atoms with E-state index in [9.17, 15) is 14.7 Å². The Morgan fingerprint density at radius 2 is 2.18 bits per heavy atom. The molecule has 1 aliphatic rings. The first-order chi connectivity index (χ1) is 10.4. The predicted molar refractivity (Wildman–Crippen MR) is 84.4 cm³/mol. The zero-order chi connectivity index (χ0) is 16.3. The second kappa shape index (κ2) is 6.61. The van der Waals surface area contributed by atoms with E-state index in [-0.39, 0.29) is 17.3 Å². The maximum absolute atomic E-state index is 11.5. The molecular weight excluding hydrogens is 306 g/mol. The van der Waals surface area contributed by atoms with Crippen molar-refractivity contribution in [2.24, 2.45) is 10.2 Å². The number of hydrogen-bond donors (Lipinski definition) is 3. The number of hydrogen-bond acceptors (Lipinski definition) is 6. The highest BCUT2D eigenvalue weighted by Gasteiger charge is 2.32. The number of carbonyl (C=O) groups excluding carboxylic acids is 1.